The van der Waals surface area contributed by atoms with Crippen LogP contribution in [-0.4, -0.2) is 15.0 Å². The molecule has 1 heteroatoms. The Bertz CT molecular complexity index is 409. The van der Waals surface area contributed by atoms with E-state index in [0.29, 0.717) is 25.8 Å². The third-order valence-electron chi connectivity index (χ3n) is 5.74. The first kappa shape index (κ1) is 11.8. The van der Waals surface area contributed by atoms with Crippen molar-refractivity contribution in [1.82, 2.24) is 0 Å². The van der Waals surface area contributed by atoms with Gasteiger partial charge in [0.1, 0.15) is 0 Å². The second-order valence-corrected chi connectivity index (χ2v) is 9.21. The van der Waals surface area contributed by atoms with Gasteiger partial charge in [0.15, 0.2) is 0 Å². The second kappa shape index (κ2) is 3.87. The molecule has 17 heavy (non-hydrogen) atoms. The monoisotopic (exact) mass is 294 g/mol. The Morgan fingerprint density at radius 1 is 1.12 bits per heavy atom. The van der Waals surface area contributed by atoms with Crippen LogP contribution in [0.25, 0.3) is 0 Å². The van der Waals surface area contributed by atoms with E-state index in [0.717, 1.165) is 10.7 Å². The minimum atomic E-state index is 0.578. The Balaban J connectivity index is 1.83. The molecule has 1 aromatic rings. The van der Waals surface area contributed by atoms with E-state index in [-0.39, 0.29) is 0 Å². The molecule has 1 aromatic carbocycles. The number of hydrogen-bond donors (Lipinski definition) is 0. The van der Waals surface area contributed by atoms with Crippen molar-refractivity contribution in [3.8, 4) is 0 Å². The summed E-state index contributed by atoms with van der Waals surface area (Å²) in [6.45, 7) is 7.60. The van der Waals surface area contributed by atoms with Crippen LogP contribution in [0.2, 0.25) is 4.82 Å². The van der Waals surface area contributed by atoms with Gasteiger partial charge in [-0.25, -0.2) is 0 Å². The van der Waals surface area contributed by atoms with E-state index in [9.17, 15) is 0 Å². The van der Waals surface area contributed by atoms with Crippen molar-refractivity contribution in [1.29, 1.82) is 0 Å². The van der Waals surface area contributed by atoms with Crippen LogP contribution in [0, 0.1) is 16.7 Å². The predicted molar refractivity (Wildman–Crippen MR) is 74.8 cm³/mol. The van der Waals surface area contributed by atoms with E-state index in [2.05, 4.69) is 51.1 Å². The van der Waals surface area contributed by atoms with Crippen molar-refractivity contribution >= 4 is 19.4 Å². The standard InChI is InChI=1S/C16H22Se/c1-15(2)12-9-10-16(15,3)14(11-12)17-13-7-5-4-6-8-13/h4-8,12,14H,9-11H2,1-3H3. The zero-order valence-corrected chi connectivity index (χ0v) is 12.8. The predicted octanol–water partition coefficient (Wildman–Crippen LogP) is 3.65. The molecule has 2 saturated carbocycles. The molecule has 2 fully saturated rings. The zero-order valence-electron chi connectivity index (χ0n) is 11.1. The van der Waals surface area contributed by atoms with Crippen molar-refractivity contribution in [2.45, 2.75) is 44.9 Å². The van der Waals surface area contributed by atoms with Gasteiger partial charge in [-0.05, 0) is 0 Å². The van der Waals surface area contributed by atoms with Crippen molar-refractivity contribution in [3.63, 3.8) is 0 Å². The number of rotatable bonds is 2. The van der Waals surface area contributed by atoms with Crippen molar-refractivity contribution in [2.24, 2.45) is 16.7 Å². The summed E-state index contributed by atoms with van der Waals surface area (Å²) in [4.78, 5) is 0.964. The van der Waals surface area contributed by atoms with E-state index in [1.54, 1.807) is 4.46 Å². The number of fused-ring (bicyclic) bond motifs is 2. The normalized spacial score (nSPS) is 38.5. The van der Waals surface area contributed by atoms with E-state index in [1.807, 2.05) is 0 Å². The van der Waals surface area contributed by atoms with Crippen LogP contribution >= 0.6 is 0 Å². The molecule has 0 aliphatic heterocycles. The molecule has 3 rings (SSSR count). The van der Waals surface area contributed by atoms with E-state index < -0.39 is 0 Å². The average molecular weight is 293 g/mol. The minimum absolute atomic E-state index is 0.578. The fourth-order valence-corrected chi connectivity index (χ4v) is 7.44. The molecule has 0 amide bonds. The summed E-state index contributed by atoms with van der Waals surface area (Å²) in [6, 6.07) is 11.2. The molecule has 2 bridgehead atoms. The number of hydrogen-bond acceptors (Lipinski definition) is 0. The third kappa shape index (κ3) is 1.63. The van der Waals surface area contributed by atoms with Gasteiger partial charge < -0.3 is 0 Å². The quantitative estimate of drug-likeness (QED) is 0.730. The molecule has 0 radical (unpaired) electrons. The van der Waals surface area contributed by atoms with Gasteiger partial charge in [-0.15, -0.1) is 0 Å². The summed E-state index contributed by atoms with van der Waals surface area (Å²) in [5.74, 6) is 0.989. The SMILES string of the molecule is CC1(C)C2CCC1(C)C([Se]c1ccccc1)C2. The Morgan fingerprint density at radius 2 is 1.82 bits per heavy atom. The van der Waals surface area contributed by atoms with E-state index >= 15 is 0 Å². The van der Waals surface area contributed by atoms with Crippen LogP contribution in [0.1, 0.15) is 40.0 Å². The summed E-state index contributed by atoms with van der Waals surface area (Å²) < 4.78 is 1.59. The van der Waals surface area contributed by atoms with Gasteiger partial charge in [-0.2, -0.15) is 0 Å². The number of benzene rings is 1. The van der Waals surface area contributed by atoms with Crippen LogP contribution < -0.4 is 4.46 Å². The Labute approximate surface area is 111 Å². The maximum atomic E-state index is 2.56. The molecule has 2 aliphatic rings. The van der Waals surface area contributed by atoms with Gasteiger partial charge in [-0.1, -0.05) is 0 Å². The molecule has 0 N–H and O–H groups in total. The van der Waals surface area contributed by atoms with Crippen LogP contribution in [0.3, 0.4) is 0 Å². The first-order chi connectivity index (χ1) is 8.04. The van der Waals surface area contributed by atoms with E-state index in [4.69, 9.17) is 0 Å². The van der Waals surface area contributed by atoms with Crippen molar-refractivity contribution in [3.05, 3.63) is 30.3 Å². The topological polar surface area (TPSA) is 0 Å². The summed E-state index contributed by atoms with van der Waals surface area (Å²) in [6.07, 6.45) is 4.42. The molecule has 92 valence electrons. The Morgan fingerprint density at radius 3 is 2.35 bits per heavy atom. The fraction of sp³-hybridized carbons (Fsp3) is 0.625. The van der Waals surface area contributed by atoms with Gasteiger partial charge >= 0.3 is 111 Å². The molecule has 0 nitrogen and oxygen atoms in total. The third-order valence-corrected chi connectivity index (χ3v) is 8.97. The van der Waals surface area contributed by atoms with Crippen LogP contribution in [0.4, 0.5) is 0 Å². The molecular formula is C16H22Se. The average Bonchev–Trinajstić information content (AvgIpc) is 2.63. The summed E-state index contributed by atoms with van der Waals surface area (Å²) in [5.41, 5.74) is 1.18. The molecule has 0 aromatic heterocycles. The molecule has 0 heterocycles. The van der Waals surface area contributed by atoms with Gasteiger partial charge in [0.25, 0.3) is 0 Å². The molecule has 3 unspecified atom stereocenters. The molecular weight excluding hydrogens is 271 g/mol. The van der Waals surface area contributed by atoms with Crippen LogP contribution in [0.15, 0.2) is 30.3 Å². The molecule has 0 spiro atoms. The van der Waals surface area contributed by atoms with Crippen molar-refractivity contribution < 1.29 is 0 Å². The summed E-state index contributed by atoms with van der Waals surface area (Å²) in [5, 5.41) is 0. The van der Waals surface area contributed by atoms with Gasteiger partial charge in [-0.3, -0.25) is 0 Å². The van der Waals surface area contributed by atoms with Crippen molar-refractivity contribution in [2.75, 3.05) is 0 Å². The fourth-order valence-electron chi connectivity index (χ4n) is 3.97. The van der Waals surface area contributed by atoms with Crippen LogP contribution in [0.5, 0.6) is 0 Å². The van der Waals surface area contributed by atoms with E-state index in [1.165, 1.54) is 19.3 Å². The summed E-state index contributed by atoms with van der Waals surface area (Å²) in [7, 11) is 0. The summed E-state index contributed by atoms with van der Waals surface area (Å²) >= 11 is 0.669. The Hall–Kier alpha value is -0.261. The Kier molecular flexibility index (Phi) is 2.69. The molecule has 3 atom stereocenters. The van der Waals surface area contributed by atoms with Gasteiger partial charge in [0.05, 0.1) is 0 Å². The second-order valence-electron chi connectivity index (χ2n) is 6.53. The van der Waals surface area contributed by atoms with Gasteiger partial charge in [0, 0.05) is 0 Å². The first-order valence-electron chi connectivity index (χ1n) is 6.76. The molecule has 0 saturated heterocycles. The van der Waals surface area contributed by atoms with Crippen LogP contribution in [-0.2, 0) is 0 Å². The first-order valence-corrected chi connectivity index (χ1v) is 8.60. The maximum absolute atomic E-state index is 2.56. The van der Waals surface area contributed by atoms with Gasteiger partial charge in [0.2, 0.25) is 0 Å². The molecule has 2 aliphatic carbocycles. The zero-order chi connectivity index (χ0) is 12.1.